The zero-order chi connectivity index (χ0) is 19.1. The Morgan fingerprint density at radius 1 is 0.654 bits per heavy atom. The summed E-state index contributed by atoms with van der Waals surface area (Å²) in [6, 6.07) is 0. The summed E-state index contributed by atoms with van der Waals surface area (Å²) in [5.41, 5.74) is 0.0960. The van der Waals surface area contributed by atoms with Crippen molar-refractivity contribution in [3.8, 4) is 0 Å². The number of rotatable bonds is 4. The molecule has 0 amide bonds. The SMILES string of the molecule is COC(=O)/C(C(=S)N1CCCCC1)=C(/C(=O)OC)C(=S)N1CCCCC1. The maximum absolute atomic E-state index is 12.6. The Bertz CT molecular complexity index is 554. The summed E-state index contributed by atoms with van der Waals surface area (Å²) in [6.45, 7) is 3.02. The third-order valence-corrected chi connectivity index (χ3v) is 5.67. The van der Waals surface area contributed by atoms with Crippen molar-refractivity contribution < 1.29 is 19.1 Å². The topological polar surface area (TPSA) is 59.1 Å². The molecule has 26 heavy (non-hydrogen) atoms. The lowest BCUT2D eigenvalue weighted by atomic mass is 10.0. The summed E-state index contributed by atoms with van der Waals surface area (Å²) in [7, 11) is 2.56. The first-order chi connectivity index (χ1) is 12.5. The lowest BCUT2D eigenvalue weighted by Gasteiger charge is -2.32. The number of carbonyl (C=O) groups excluding carboxylic acids is 2. The van der Waals surface area contributed by atoms with Gasteiger partial charge in [0.05, 0.1) is 14.2 Å². The highest BCUT2D eigenvalue weighted by Gasteiger charge is 2.33. The van der Waals surface area contributed by atoms with Crippen molar-refractivity contribution >= 4 is 46.4 Å². The van der Waals surface area contributed by atoms with Gasteiger partial charge >= 0.3 is 11.9 Å². The van der Waals surface area contributed by atoms with Gasteiger partial charge in [-0.25, -0.2) is 9.59 Å². The molecule has 144 valence electrons. The van der Waals surface area contributed by atoms with Crippen LogP contribution in [0.3, 0.4) is 0 Å². The van der Waals surface area contributed by atoms with Gasteiger partial charge in [0.1, 0.15) is 21.1 Å². The molecule has 0 aliphatic carbocycles. The minimum atomic E-state index is -0.652. The molecule has 0 N–H and O–H groups in total. The van der Waals surface area contributed by atoms with E-state index in [2.05, 4.69) is 0 Å². The molecule has 0 bridgehead atoms. The van der Waals surface area contributed by atoms with Crippen LogP contribution < -0.4 is 0 Å². The lowest BCUT2D eigenvalue weighted by Crippen LogP contribution is -2.42. The molecule has 0 saturated carbocycles. The van der Waals surface area contributed by atoms with Crippen LogP contribution in [0.4, 0.5) is 0 Å². The number of thiocarbonyl (C=S) groups is 2. The van der Waals surface area contributed by atoms with Gasteiger partial charge in [-0.15, -0.1) is 0 Å². The van der Waals surface area contributed by atoms with Crippen molar-refractivity contribution in [2.45, 2.75) is 38.5 Å². The molecule has 0 aromatic carbocycles. The Kier molecular flexibility index (Phi) is 7.96. The highest BCUT2D eigenvalue weighted by molar-refractivity contribution is 7.81. The standard InChI is InChI=1S/C18H26N2O4S2/c1-23-17(21)13(15(25)19-9-5-3-6-10-19)14(18(22)24-2)16(26)20-11-7-4-8-12-20/h3-12H2,1-2H3/b14-13+. The fourth-order valence-corrected chi connectivity index (χ4v) is 4.04. The molecule has 2 rings (SSSR count). The molecule has 2 fully saturated rings. The molecule has 0 aromatic rings. The number of carbonyl (C=O) groups is 2. The fourth-order valence-electron chi connectivity index (χ4n) is 3.31. The van der Waals surface area contributed by atoms with Crippen molar-refractivity contribution in [2.24, 2.45) is 0 Å². The van der Waals surface area contributed by atoms with Crippen LogP contribution in [0.5, 0.6) is 0 Å². The van der Waals surface area contributed by atoms with Crippen molar-refractivity contribution in [1.29, 1.82) is 0 Å². The van der Waals surface area contributed by atoms with Gasteiger partial charge in [0.2, 0.25) is 0 Å². The van der Waals surface area contributed by atoms with E-state index in [1.54, 1.807) is 0 Å². The predicted octanol–water partition coefficient (Wildman–Crippen LogP) is 2.26. The highest BCUT2D eigenvalue weighted by Crippen LogP contribution is 2.22. The van der Waals surface area contributed by atoms with Crippen molar-refractivity contribution in [2.75, 3.05) is 40.4 Å². The van der Waals surface area contributed by atoms with E-state index in [1.807, 2.05) is 9.80 Å². The van der Waals surface area contributed by atoms with Crippen LogP contribution >= 0.6 is 24.4 Å². The number of ether oxygens (including phenoxy) is 2. The molecule has 0 radical (unpaired) electrons. The Hall–Kier alpha value is -1.54. The Morgan fingerprint density at radius 2 is 0.962 bits per heavy atom. The zero-order valence-corrected chi connectivity index (χ0v) is 17.0. The second-order valence-electron chi connectivity index (χ2n) is 6.44. The van der Waals surface area contributed by atoms with E-state index in [0.29, 0.717) is 9.98 Å². The first-order valence-electron chi connectivity index (χ1n) is 9.00. The molecule has 2 aliphatic heterocycles. The van der Waals surface area contributed by atoms with E-state index >= 15 is 0 Å². The summed E-state index contributed by atoms with van der Waals surface area (Å²) in [5.74, 6) is -1.30. The van der Waals surface area contributed by atoms with Crippen LogP contribution in [0.1, 0.15) is 38.5 Å². The van der Waals surface area contributed by atoms with E-state index in [4.69, 9.17) is 33.9 Å². The maximum atomic E-state index is 12.6. The second kappa shape index (κ2) is 9.97. The van der Waals surface area contributed by atoms with Crippen molar-refractivity contribution in [3.63, 3.8) is 0 Å². The summed E-state index contributed by atoms with van der Waals surface area (Å²) < 4.78 is 9.88. The van der Waals surface area contributed by atoms with Gasteiger partial charge in [-0.1, -0.05) is 24.4 Å². The Labute approximate surface area is 165 Å². The maximum Gasteiger partial charge on any atom is 0.341 e. The predicted molar refractivity (Wildman–Crippen MR) is 107 cm³/mol. The van der Waals surface area contributed by atoms with Crippen LogP contribution in [0, 0.1) is 0 Å². The first-order valence-corrected chi connectivity index (χ1v) is 9.82. The van der Waals surface area contributed by atoms with E-state index in [1.165, 1.54) is 14.2 Å². The molecule has 0 atom stereocenters. The van der Waals surface area contributed by atoms with Crippen LogP contribution in [0.25, 0.3) is 0 Å². The fraction of sp³-hybridized carbons (Fsp3) is 0.667. The van der Waals surface area contributed by atoms with Crippen molar-refractivity contribution in [1.82, 2.24) is 9.80 Å². The minimum Gasteiger partial charge on any atom is -0.465 e. The van der Waals surface area contributed by atoms with E-state index < -0.39 is 11.9 Å². The monoisotopic (exact) mass is 398 g/mol. The summed E-state index contributed by atoms with van der Waals surface area (Å²) in [4.78, 5) is 29.7. The molecular weight excluding hydrogens is 372 g/mol. The van der Waals surface area contributed by atoms with E-state index in [0.717, 1.165) is 64.7 Å². The molecule has 8 heteroatoms. The molecular formula is C18H26N2O4S2. The average Bonchev–Trinajstić information content (AvgIpc) is 2.71. The number of piperidine rings is 2. The first kappa shape index (κ1) is 20.8. The summed E-state index contributed by atoms with van der Waals surface area (Å²) in [6.07, 6.45) is 6.26. The zero-order valence-electron chi connectivity index (χ0n) is 15.4. The Balaban J connectivity index is 2.47. The number of hydrogen-bond acceptors (Lipinski definition) is 6. The number of likely N-dealkylation sites (tertiary alicyclic amines) is 2. The lowest BCUT2D eigenvalue weighted by molar-refractivity contribution is -0.138. The largest absolute Gasteiger partial charge is 0.465 e. The van der Waals surface area contributed by atoms with Crippen LogP contribution in [-0.4, -0.2) is 72.1 Å². The highest BCUT2D eigenvalue weighted by atomic mass is 32.1. The van der Waals surface area contributed by atoms with Gasteiger partial charge in [0, 0.05) is 26.2 Å². The number of hydrogen-bond donors (Lipinski definition) is 0. The molecule has 0 unspecified atom stereocenters. The summed E-state index contributed by atoms with van der Waals surface area (Å²) >= 11 is 11.2. The minimum absolute atomic E-state index is 0.0480. The van der Waals surface area contributed by atoms with Gasteiger partial charge in [0.25, 0.3) is 0 Å². The van der Waals surface area contributed by atoms with Gasteiger partial charge in [-0.2, -0.15) is 0 Å². The number of nitrogens with zero attached hydrogens (tertiary/aromatic N) is 2. The number of methoxy groups -OCH3 is 2. The smallest absolute Gasteiger partial charge is 0.341 e. The molecule has 6 nitrogen and oxygen atoms in total. The van der Waals surface area contributed by atoms with Gasteiger partial charge in [0.15, 0.2) is 0 Å². The quantitative estimate of drug-likeness (QED) is 0.406. The average molecular weight is 399 g/mol. The summed E-state index contributed by atoms with van der Waals surface area (Å²) in [5, 5.41) is 0. The number of esters is 2. The molecule has 2 saturated heterocycles. The molecule has 0 spiro atoms. The van der Waals surface area contributed by atoms with Gasteiger partial charge in [-0.3, -0.25) is 0 Å². The molecule has 2 heterocycles. The van der Waals surface area contributed by atoms with Crippen LogP contribution in [-0.2, 0) is 19.1 Å². The Morgan fingerprint density at radius 3 is 1.23 bits per heavy atom. The second-order valence-corrected chi connectivity index (χ2v) is 7.21. The van der Waals surface area contributed by atoms with Gasteiger partial charge in [-0.05, 0) is 38.5 Å². The van der Waals surface area contributed by atoms with Crippen LogP contribution in [0.2, 0.25) is 0 Å². The van der Waals surface area contributed by atoms with E-state index in [9.17, 15) is 9.59 Å². The molecule has 2 aliphatic rings. The third kappa shape index (κ3) is 4.79. The van der Waals surface area contributed by atoms with Gasteiger partial charge < -0.3 is 19.3 Å². The molecule has 0 aromatic heterocycles. The van der Waals surface area contributed by atoms with E-state index in [-0.39, 0.29) is 11.1 Å². The third-order valence-electron chi connectivity index (χ3n) is 4.74. The van der Waals surface area contributed by atoms with Crippen molar-refractivity contribution in [3.05, 3.63) is 11.1 Å². The van der Waals surface area contributed by atoms with Crippen LogP contribution in [0.15, 0.2) is 11.1 Å². The normalized spacial score (nSPS) is 18.7.